The van der Waals surface area contributed by atoms with Crippen LogP contribution >= 0.6 is 0 Å². The molecule has 1 unspecified atom stereocenters. The van der Waals surface area contributed by atoms with E-state index in [1.807, 2.05) is 18.2 Å². The molecule has 1 fully saturated rings. The molecule has 1 atom stereocenters. The molecule has 1 aliphatic heterocycles. The van der Waals surface area contributed by atoms with Gasteiger partial charge < -0.3 is 24.4 Å². The molecule has 0 aliphatic carbocycles. The highest BCUT2D eigenvalue weighted by Gasteiger charge is 2.20. The molecule has 4 rings (SSSR count). The zero-order valence-electron chi connectivity index (χ0n) is 18.8. The van der Waals surface area contributed by atoms with Crippen molar-refractivity contribution in [3.8, 4) is 17.2 Å². The van der Waals surface area contributed by atoms with Gasteiger partial charge in [-0.15, -0.1) is 0 Å². The molecular formula is C25H29N3O4. The summed E-state index contributed by atoms with van der Waals surface area (Å²) in [5.41, 5.74) is 1.28. The number of ether oxygens (including phenoxy) is 3. The Morgan fingerprint density at radius 2 is 1.97 bits per heavy atom. The van der Waals surface area contributed by atoms with Crippen LogP contribution in [0.3, 0.4) is 0 Å². The molecular weight excluding hydrogens is 406 g/mol. The Morgan fingerprint density at radius 1 is 1.09 bits per heavy atom. The van der Waals surface area contributed by atoms with Crippen LogP contribution in [0.25, 0.3) is 10.9 Å². The average molecular weight is 436 g/mol. The van der Waals surface area contributed by atoms with Gasteiger partial charge in [-0.1, -0.05) is 12.1 Å². The fourth-order valence-electron chi connectivity index (χ4n) is 4.07. The quantitative estimate of drug-likeness (QED) is 0.583. The van der Waals surface area contributed by atoms with Crippen molar-refractivity contribution in [2.24, 2.45) is 0 Å². The van der Waals surface area contributed by atoms with Gasteiger partial charge in [-0.3, -0.25) is 4.79 Å². The van der Waals surface area contributed by atoms with Gasteiger partial charge >= 0.3 is 0 Å². The minimum atomic E-state index is -0.297. The number of pyridine rings is 1. The van der Waals surface area contributed by atoms with E-state index >= 15 is 0 Å². The van der Waals surface area contributed by atoms with Crippen LogP contribution in [0, 0.1) is 0 Å². The van der Waals surface area contributed by atoms with Crippen molar-refractivity contribution in [2.45, 2.75) is 32.2 Å². The van der Waals surface area contributed by atoms with Crippen molar-refractivity contribution in [3.05, 3.63) is 48.5 Å². The molecule has 1 aliphatic rings. The van der Waals surface area contributed by atoms with E-state index in [0.717, 1.165) is 23.3 Å². The first-order valence-corrected chi connectivity index (χ1v) is 10.9. The smallest absolute Gasteiger partial charge is 0.262 e. The van der Waals surface area contributed by atoms with Gasteiger partial charge in [-0.2, -0.15) is 0 Å². The Bertz CT molecular complexity index is 1100. The number of carbonyl (C=O) groups excluding carboxylic acids is 1. The van der Waals surface area contributed by atoms with E-state index in [-0.39, 0.29) is 12.5 Å². The normalized spacial score (nSPS) is 16.0. The number of anilines is 2. The van der Waals surface area contributed by atoms with Crippen LogP contribution in [0.5, 0.6) is 17.2 Å². The SMILES string of the molecule is COc1ccc(OC)c(NC(=O)COc2cccc3ccc(N4CCCCC4C)nc23)c1. The summed E-state index contributed by atoms with van der Waals surface area (Å²) in [5.74, 6) is 2.41. The number of benzene rings is 2. The standard InChI is InChI=1S/C25H29N3O4/c1-17-7-4-5-14-28(17)23-13-10-18-8-6-9-22(25(18)27-23)32-16-24(29)26-20-15-19(30-2)11-12-21(20)31-3/h6,8-13,15,17H,4-5,7,14,16H2,1-3H3,(H,26,29). The van der Waals surface area contributed by atoms with Gasteiger partial charge in [0.15, 0.2) is 6.61 Å². The molecule has 3 aromatic rings. The number of para-hydroxylation sites is 1. The summed E-state index contributed by atoms with van der Waals surface area (Å²) in [5, 5.41) is 3.80. The maximum atomic E-state index is 12.6. The highest BCUT2D eigenvalue weighted by atomic mass is 16.5. The van der Waals surface area contributed by atoms with Crippen molar-refractivity contribution in [2.75, 3.05) is 37.6 Å². The molecule has 2 heterocycles. The zero-order chi connectivity index (χ0) is 22.5. The maximum absolute atomic E-state index is 12.6. The summed E-state index contributed by atoms with van der Waals surface area (Å²) in [6.07, 6.45) is 3.61. The molecule has 7 heteroatoms. The number of nitrogens with one attached hydrogen (secondary N) is 1. The summed E-state index contributed by atoms with van der Waals surface area (Å²) in [6.45, 7) is 3.10. The molecule has 1 N–H and O–H groups in total. The number of piperidine rings is 1. The number of hydrogen-bond donors (Lipinski definition) is 1. The summed E-state index contributed by atoms with van der Waals surface area (Å²) < 4.78 is 16.4. The van der Waals surface area contributed by atoms with Crippen LogP contribution in [0.15, 0.2) is 48.5 Å². The summed E-state index contributed by atoms with van der Waals surface area (Å²) in [4.78, 5) is 19.8. The van der Waals surface area contributed by atoms with Crippen LogP contribution in [0.2, 0.25) is 0 Å². The number of methoxy groups -OCH3 is 2. The van der Waals surface area contributed by atoms with Crippen LogP contribution in [0.4, 0.5) is 11.5 Å². The lowest BCUT2D eigenvalue weighted by Crippen LogP contribution is -2.37. The molecule has 0 bridgehead atoms. The van der Waals surface area contributed by atoms with Crippen molar-refractivity contribution < 1.29 is 19.0 Å². The predicted octanol–water partition coefficient (Wildman–Crippen LogP) is 4.65. The average Bonchev–Trinajstić information content (AvgIpc) is 2.82. The Balaban J connectivity index is 1.50. The fourth-order valence-corrected chi connectivity index (χ4v) is 4.07. The number of carbonyl (C=O) groups is 1. The van der Waals surface area contributed by atoms with E-state index in [9.17, 15) is 4.79 Å². The monoisotopic (exact) mass is 435 g/mol. The summed E-state index contributed by atoms with van der Waals surface area (Å²) >= 11 is 0. The predicted molar refractivity (Wildman–Crippen MR) is 126 cm³/mol. The largest absolute Gasteiger partial charge is 0.497 e. The van der Waals surface area contributed by atoms with E-state index in [1.54, 1.807) is 32.4 Å². The molecule has 1 aromatic heterocycles. The second-order valence-corrected chi connectivity index (χ2v) is 7.94. The van der Waals surface area contributed by atoms with Gasteiger partial charge in [0.05, 0.1) is 19.9 Å². The van der Waals surface area contributed by atoms with Crippen LogP contribution in [-0.4, -0.2) is 44.3 Å². The Hall–Kier alpha value is -3.48. The third-order valence-electron chi connectivity index (χ3n) is 5.81. The minimum absolute atomic E-state index is 0.147. The Morgan fingerprint density at radius 3 is 2.75 bits per heavy atom. The summed E-state index contributed by atoms with van der Waals surface area (Å²) in [7, 11) is 3.12. The van der Waals surface area contributed by atoms with E-state index < -0.39 is 0 Å². The summed E-state index contributed by atoms with van der Waals surface area (Å²) in [6, 6.07) is 15.6. The third-order valence-corrected chi connectivity index (χ3v) is 5.81. The number of aromatic nitrogens is 1. The number of nitrogens with zero attached hydrogens (tertiary/aromatic N) is 2. The van der Waals surface area contributed by atoms with Crippen LogP contribution in [-0.2, 0) is 4.79 Å². The first-order valence-electron chi connectivity index (χ1n) is 10.9. The van der Waals surface area contributed by atoms with Gasteiger partial charge in [0.2, 0.25) is 0 Å². The maximum Gasteiger partial charge on any atom is 0.262 e. The molecule has 0 spiro atoms. The van der Waals surface area contributed by atoms with Crippen molar-refractivity contribution in [3.63, 3.8) is 0 Å². The first-order chi connectivity index (χ1) is 15.6. The van der Waals surface area contributed by atoms with Crippen LogP contribution in [0.1, 0.15) is 26.2 Å². The number of amides is 1. The molecule has 1 saturated heterocycles. The van der Waals surface area contributed by atoms with Gasteiger partial charge in [0.1, 0.15) is 28.6 Å². The molecule has 32 heavy (non-hydrogen) atoms. The molecule has 0 radical (unpaired) electrons. The third kappa shape index (κ3) is 4.72. The van der Waals surface area contributed by atoms with E-state index in [2.05, 4.69) is 29.3 Å². The minimum Gasteiger partial charge on any atom is -0.497 e. The van der Waals surface area contributed by atoms with Crippen molar-refractivity contribution in [1.29, 1.82) is 0 Å². The van der Waals surface area contributed by atoms with Crippen molar-refractivity contribution in [1.82, 2.24) is 4.98 Å². The van der Waals surface area contributed by atoms with Gasteiger partial charge in [-0.05, 0) is 56.5 Å². The van der Waals surface area contributed by atoms with Crippen molar-refractivity contribution >= 4 is 28.3 Å². The highest BCUT2D eigenvalue weighted by Crippen LogP contribution is 2.30. The molecule has 168 valence electrons. The lowest BCUT2D eigenvalue weighted by molar-refractivity contribution is -0.118. The first kappa shape index (κ1) is 21.7. The Labute approximate surface area is 188 Å². The van der Waals surface area contributed by atoms with Gasteiger partial charge in [-0.25, -0.2) is 4.98 Å². The molecule has 1 amide bonds. The fraction of sp³-hybridized carbons (Fsp3) is 0.360. The number of hydrogen-bond acceptors (Lipinski definition) is 6. The molecule has 7 nitrogen and oxygen atoms in total. The van der Waals surface area contributed by atoms with Gasteiger partial charge in [0.25, 0.3) is 5.91 Å². The molecule has 0 saturated carbocycles. The Kier molecular flexibility index (Phi) is 6.63. The zero-order valence-corrected chi connectivity index (χ0v) is 18.8. The lowest BCUT2D eigenvalue weighted by Gasteiger charge is -2.34. The topological polar surface area (TPSA) is 72.9 Å². The lowest BCUT2D eigenvalue weighted by atomic mass is 10.0. The second-order valence-electron chi connectivity index (χ2n) is 7.94. The molecule has 2 aromatic carbocycles. The highest BCUT2D eigenvalue weighted by molar-refractivity contribution is 5.94. The van der Waals surface area contributed by atoms with Crippen LogP contribution < -0.4 is 24.4 Å². The number of rotatable bonds is 7. The van der Waals surface area contributed by atoms with E-state index in [0.29, 0.717) is 29.0 Å². The van der Waals surface area contributed by atoms with E-state index in [4.69, 9.17) is 19.2 Å². The van der Waals surface area contributed by atoms with Gasteiger partial charge in [0, 0.05) is 24.0 Å². The van der Waals surface area contributed by atoms with E-state index in [1.165, 1.54) is 19.3 Å². The second kappa shape index (κ2) is 9.77. The number of fused-ring (bicyclic) bond motifs is 1.